The van der Waals surface area contributed by atoms with Crippen molar-refractivity contribution in [3.8, 4) is 0 Å². The van der Waals surface area contributed by atoms with Gasteiger partial charge in [0.25, 0.3) is 0 Å². The molecule has 1 saturated carbocycles. The molecule has 3 heteroatoms. The highest BCUT2D eigenvalue weighted by Gasteiger charge is 2.57. The van der Waals surface area contributed by atoms with Gasteiger partial charge in [-0.15, -0.1) is 6.58 Å². The van der Waals surface area contributed by atoms with Gasteiger partial charge in [0.15, 0.2) is 0 Å². The monoisotopic (exact) mass is 168 g/mol. The average molecular weight is 168 g/mol. The molecule has 1 aliphatic carbocycles. The Morgan fingerprint density at radius 3 is 2.67 bits per heavy atom. The van der Waals surface area contributed by atoms with Crippen LogP contribution in [0.2, 0.25) is 0 Å². The van der Waals surface area contributed by atoms with Crippen LogP contribution in [0, 0.1) is 5.92 Å². The van der Waals surface area contributed by atoms with Crippen molar-refractivity contribution in [2.45, 2.75) is 31.8 Å². The van der Waals surface area contributed by atoms with E-state index in [2.05, 4.69) is 11.9 Å². The van der Waals surface area contributed by atoms with E-state index in [1.165, 1.54) is 0 Å². The lowest BCUT2D eigenvalue weighted by atomic mass is 10.1. The van der Waals surface area contributed by atoms with Crippen molar-refractivity contribution in [1.82, 2.24) is 5.32 Å². The number of hydrogen-bond donors (Lipinski definition) is 2. The average Bonchev–Trinajstić information content (AvgIpc) is 2.62. The fraction of sp³-hybridized carbons (Fsp3) is 0.667. The van der Waals surface area contributed by atoms with Crippen LogP contribution in [0.15, 0.2) is 12.7 Å². The zero-order chi connectivity index (χ0) is 9.35. The molecule has 0 aromatic rings. The Bertz CT molecular complexity index is 213. The predicted octanol–water partition coefficient (Wildman–Crippen LogP) is 0.414. The van der Waals surface area contributed by atoms with Crippen molar-refractivity contribution in [1.29, 1.82) is 0 Å². The molecule has 3 N–H and O–H groups in total. The van der Waals surface area contributed by atoms with Gasteiger partial charge in [-0.25, -0.2) is 0 Å². The van der Waals surface area contributed by atoms with Crippen LogP contribution in [0.4, 0.5) is 0 Å². The van der Waals surface area contributed by atoms with Crippen LogP contribution in [-0.4, -0.2) is 17.5 Å². The van der Waals surface area contributed by atoms with Crippen LogP contribution < -0.4 is 11.1 Å². The van der Waals surface area contributed by atoms with Gasteiger partial charge in [-0.2, -0.15) is 0 Å². The van der Waals surface area contributed by atoms with E-state index in [1.807, 2.05) is 13.8 Å². The molecule has 1 fully saturated rings. The first-order valence-corrected chi connectivity index (χ1v) is 4.23. The second-order valence-corrected chi connectivity index (χ2v) is 3.68. The minimum absolute atomic E-state index is 0.220. The van der Waals surface area contributed by atoms with Gasteiger partial charge in [0, 0.05) is 12.0 Å². The fourth-order valence-corrected chi connectivity index (χ4v) is 1.61. The third-order valence-corrected chi connectivity index (χ3v) is 2.29. The second kappa shape index (κ2) is 2.90. The first-order chi connectivity index (χ1) is 5.53. The maximum atomic E-state index is 11.1. The quantitative estimate of drug-likeness (QED) is 0.597. The van der Waals surface area contributed by atoms with Crippen molar-refractivity contribution in [2.24, 2.45) is 11.7 Å². The van der Waals surface area contributed by atoms with E-state index < -0.39 is 5.54 Å². The number of rotatable bonds is 4. The summed E-state index contributed by atoms with van der Waals surface area (Å²) in [5.74, 6) is -0.0431. The first-order valence-electron chi connectivity index (χ1n) is 4.23. The summed E-state index contributed by atoms with van der Waals surface area (Å²) in [6, 6.07) is 0.280. The zero-order valence-corrected chi connectivity index (χ0v) is 7.63. The van der Waals surface area contributed by atoms with Crippen LogP contribution >= 0.6 is 0 Å². The SMILES string of the molecule is C=CC1CC1(NC(C)C)C(N)=O. The third kappa shape index (κ3) is 1.37. The fourth-order valence-electron chi connectivity index (χ4n) is 1.61. The van der Waals surface area contributed by atoms with Crippen molar-refractivity contribution in [2.75, 3.05) is 0 Å². The molecule has 1 aliphatic rings. The van der Waals surface area contributed by atoms with E-state index in [4.69, 9.17) is 5.73 Å². The molecule has 0 aromatic carbocycles. The largest absolute Gasteiger partial charge is 0.368 e. The number of primary amides is 1. The summed E-state index contributed by atoms with van der Waals surface area (Å²) < 4.78 is 0. The summed E-state index contributed by atoms with van der Waals surface area (Å²) in [6.07, 6.45) is 2.59. The normalized spacial score (nSPS) is 33.4. The highest BCUT2D eigenvalue weighted by atomic mass is 16.1. The summed E-state index contributed by atoms with van der Waals surface area (Å²) in [4.78, 5) is 11.1. The van der Waals surface area contributed by atoms with Gasteiger partial charge in [0.05, 0.1) is 0 Å². The van der Waals surface area contributed by atoms with E-state index in [0.29, 0.717) is 0 Å². The third-order valence-electron chi connectivity index (χ3n) is 2.29. The topological polar surface area (TPSA) is 55.1 Å². The standard InChI is InChI=1S/C9H16N2O/c1-4-7-5-9(7,8(10)12)11-6(2)3/h4,6-7,11H,1,5H2,2-3H3,(H2,10,12). The highest BCUT2D eigenvalue weighted by Crippen LogP contribution is 2.44. The number of carbonyl (C=O) groups is 1. The molecule has 0 saturated heterocycles. The Morgan fingerprint density at radius 2 is 2.42 bits per heavy atom. The van der Waals surface area contributed by atoms with Crippen LogP contribution in [-0.2, 0) is 4.79 Å². The van der Waals surface area contributed by atoms with E-state index in [9.17, 15) is 4.79 Å². The van der Waals surface area contributed by atoms with Crippen LogP contribution in [0.3, 0.4) is 0 Å². The van der Waals surface area contributed by atoms with Crippen LogP contribution in [0.5, 0.6) is 0 Å². The van der Waals surface area contributed by atoms with Gasteiger partial charge in [-0.3, -0.25) is 4.79 Å². The van der Waals surface area contributed by atoms with Crippen molar-refractivity contribution in [3.63, 3.8) is 0 Å². The molecule has 0 aliphatic heterocycles. The molecule has 1 rings (SSSR count). The molecule has 0 radical (unpaired) electrons. The highest BCUT2D eigenvalue weighted by molar-refractivity contribution is 5.89. The Morgan fingerprint density at radius 1 is 1.83 bits per heavy atom. The van der Waals surface area contributed by atoms with Crippen molar-refractivity contribution < 1.29 is 4.79 Å². The van der Waals surface area contributed by atoms with E-state index in [1.54, 1.807) is 6.08 Å². The summed E-state index contributed by atoms with van der Waals surface area (Å²) >= 11 is 0. The van der Waals surface area contributed by atoms with Crippen LogP contribution in [0.25, 0.3) is 0 Å². The minimum Gasteiger partial charge on any atom is -0.368 e. The lowest BCUT2D eigenvalue weighted by Gasteiger charge is -2.17. The maximum absolute atomic E-state index is 11.1. The smallest absolute Gasteiger partial charge is 0.238 e. The summed E-state index contributed by atoms with van der Waals surface area (Å²) in [5.41, 5.74) is 4.81. The summed E-state index contributed by atoms with van der Waals surface area (Å²) in [6.45, 7) is 7.67. The Kier molecular flexibility index (Phi) is 2.24. The van der Waals surface area contributed by atoms with Crippen LogP contribution in [0.1, 0.15) is 20.3 Å². The number of amides is 1. The van der Waals surface area contributed by atoms with E-state index >= 15 is 0 Å². The zero-order valence-electron chi connectivity index (χ0n) is 7.63. The molecule has 0 heterocycles. The summed E-state index contributed by atoms with van der Waals surface area (Å²) in [7, 11) is 0. The maximum Gasteiger partial charge on any atom is 0.238 e. The lowest BCUT2D eigenvalue weighted by molar-refractivity contribution is -0.121. The molecule has 3 nitrogen and oxygen atoms in total. The van der Waals surface area contributed by atoms with Crippen molar-refractivity contribution >= 4 is 5.91 Å². The lowest BCUT2D eigenvalue weighted by Crippen LogP contribution is -2.48. The first kappa shape index (κ1) is 9.26. The summed E-state index contributed by atoms with van der Waals surface area (Å²) in [5, 5.41) is 3.18. The Labute approximate surface area is 73.0 Å². The molecule has 0 bridgehead atoms. The minimum atomic E-state index is -0.490. The number of hydrogen-bond acceptors (Lipinski definition) is 2. The molecule has 1 amide bonds. The molecule has 0 spiro atoms. The Balaban J connectivity index is 2.65. The molecule has 68 valence electrons. The number of nitrogens with one attached hydrogen (secondary N) is 1. The van der Waals surface area contributed by atoms with E-state index in [0.717, 1.165) is 6.42 Å². The van der Waals surface area contributed by atoms with Gasteiger partial charge in [0.2, 0.25) is 5.91 Å². The van der Waals surface area contributed by atoms with Gasteiger partial charge < -0.3 is 11.1 Å². The number of nitrogens with two attached hydrogens (primary N) is 1. The molecule has 12 heavy (non-hydrogen) atoms. The van der Waals surface area contributed by atoms with Gasteiger partial charge in [-0.1, -0.05) is 6.08 Å². The van der Waals surface area contributed by atoms with E-state index in [-0.39, 0.29) is 17.9 Å². The molecule has 2 unspecified atom stereocenters. The second-order valence-electron chi connectivity index (χ2n) is 3.68. The van der Waals surface area contributed by atoms with Crippen molar-refractivity contribution in [3.05, 3.63) is 12.7 Å². The van der Waals surface area contributed by atoms with Gasteiger partial charge in [0.1, 0.15) is 5.54 Å². The molecule has 0 aromatic heterocycles. The molecular formula is C9H16N2O. The molecular weight excluding hydrogens is 152 g/mol. The molecule has 2 atom stereocenters. The Hall–Kier alpha value is -0.830. The van der Waals surface area contributed by atoms with Gasteiger partial charge in [-0.05, 0) is 20.3 Å². The predicted molar refractivity (Wildman–Crippen MR) is 48.5 cm³/mol. The number of carbonyl (C=O) groups excluding carboxylic acids is 1. The van der Waals surface area contributed by atoms with Gasteiger partial charge >= 0.3 is 0 Å².